The first-order valence-electron chi connectivity index (χ1n) is 10.7. The summed E-state index contributed by atoms with van der Waals surface area (Å²) in [6.07, 6.45) is 2.04. The Kier molecular flexibility index (Phi) is 7.07. The van der Waals surface area contributed by atoms with Gasteiger partial charge in [0.2, 0.25) is 0 Å². The van der Waals surface area contributed by atoms with Gasteiger partial charge in [-0.05, 0) is 28.8 Å². The van der Waals surface area contributed by atoms with Crippen LogP contribution in [0.5, 0.6) is 5.75 Å². The van der Waals surface area contributed by atoms with E-state index < -0.39 is 5.41 Å². The van der Waals surface area contributed by atoms with Crippen molar-refractivity contribution in [3.05, 3.63) is 102 Å². The number of Topliss-reactive ketones (excluding diaryl/α,β-unsaturated/α-hetero) is 1. The monoisotopic (exact) mass is 402 g/mol. The molecule has 156 valence electrons. The third-order valence-electron chi connectivity index (χ3n) is 6.12. The van der Waals surface area contributed by atoms with Gasteiger partial charge in [0, 0.05) is 19.3 Å². The van der Waals surface area contributed by atoms with Crippen molar-refractivity contribution in [3.8, 4) is 5.75 Å². The average molecular weight is 403 g/mol. The molecule has 0 aliphatic rings. The molecule has 0 amide bonds. The average Bonchev–Trinajstić information content (AvgIpc) is 2.78. The second kappa shape index (κ2) is 9.73. The summed E-state index contributed by atoms with van der Waals surface area (Å²) >= 11 is 0. The van der Waals surface area contributed by atoms with Crippen LogP contribution in [0.25, 0.3) is 0 Å². The molecule has 2 N–H and O–H groups in total. The highest BCUT2D eigenvalue weighted by molar-refractivity contribution is 5.93. The van der Waals surface area contributed by atoms with E-state index in [0.717, 1.165) is 29.5 Å². The lowest BCUT2D eigenvalue weighted by molar-refractivity contribution is -0.886. The van der Waals surface area contributed by atoms with Crippen molar-refractivity contribution in [2.24, 2.45) is 0 Å². The molecule has 1 atom stereocenters. The largest absolute Gasteiger partial charge is 0.508 e. The molecule has 0 saturated heterocycles. The molecule has 30 heavy (non-hydrogen) atoms. The van der Waals surface area contributed by atoms with E-state index in [4.69, 9.17) is 0 Å². The SMILES string of the molecule is CCC(=O)C(C[C@H](Cc1ccc(O)cc1)[NH+](C)C)(c1ccccc1)c1ccccc1. The molecule has 3 nitrogen and oxygen atoms in total. The first-order chi connectivity index (χ1) is 14.5. The van der Waals surface area contributed by atoms with Crippen LogP contribution in [-0.2, 0) is 16.6 Å². The molecule has 0 aliphatic heterocycles. The number of phenolic OH excluding ortho intramolecular Hbond substituents is 1. The van der Waals surface area contributed by atoms with Crippen molar-refractivity contribution < 1.29 is 14.8 Å². The topological polar surface area (TPSA) is 41.7 Å². The molecule has 0 fully saturated rings. The minimum absolute atomic E-state index is 0.227. The highest BCUT2D eigenvalue weighted by Crippen LogP contribution is 2.39. The lowest BCUT2D eigenvalue weighted by Crippen LogP contribution is -3.10. The molecule has 0 aliphatic carbocycles. The Bertz CT molecular complexity index is 894. The third-order valence-corrected chi connectivity index (χ3v) is 6.12. The number of hydrogen-bond donors (Lipinski definition) is 2. The lowest BCUT2D eigenvalue weighted by atomic mass is 9.66. The number of rotatable bonds is 9. The second-order valence-corrected chi connectivity index (χ2v) is 8.26. The van der Waals surface area contributed by atoms with Gasteiger partial charge in [-0.15, -0.1) is 0 Å². The Morgan fingerprint density at radius 2 is 1.37 bits per heavy atom. The molecule has 0 saturated carbocycles. The van der Waals surface area contributed by atoms with Crippen LogP contribution in [0.3, 0.4) is 0 Å². The van der Waals surface area contributed by atoms with Crippen LogP contribution in [0.2, 0.25) is 0 Å². The van der Waals surface area contributed by atoms with E-state index in [1.165, 1.54) is 4.90 Å². The summed E-state index contributed by atoms with van der Waals surface area (Å²) in [5.74, 6) is 0.522. The third kappa shape index (κ3) is 4.63. The molecular formula is C27H32NO2+. The maximum atomic E-state index is 13.6. The maximum Gasteiger partial charge on any atom is 0.147 e. The normalized spacial score (nSPS) is 12.7. The van der Waals surface area contributed by atoms with Crippen LogP contribution in [0.1, 0.15) is 36.5 Å². The van der Waals surface area contributed by atoms with Gasteiger partial charge in [-0.1, -0.05) is 79.7 Å². The van der Waals surface area contributed by atoms with Gasteiger partial charge in [0.05, 0.1) is 25.6 Å². The summed E-state index contributed by atoms with van der Waals surface area (Å²) in [5, 5.41) is 9.64. The standard InChI is InChI=1S/C27H31NO2/c1-4-26(30)27(22-11-7-5-8-12-22,23-13-9-6-10-14-23)20-24(28(2)3)19-21-15-17-25(29)18-16-21/h5-18,24,29H,4,19-20H2,1-3H3/p+1/t24-/m0/s1. The van der Waals surface area contributed by atoms with Gasteiger partial charge in [-0.2, -0.15) is 0 Å². The summed E-state index contributed by atoms with van der Waals surface area (Å²) in [5.41, 5.74) is 2.59. The van der Waals surface area contributed by atoms with E-state index in [9.17, 15) is 9.90 Å². The van der Waals surface area contributed by atoms with Crippen molar-refractivity contribution >= 4 is 5.78 Å². The van der Waals surface area contributed by atoms with Crippen LogP contribution < -0.4 is 4.90 Å². The molecule has 0 unspecified atom stereocenters. The quantitative estimate of drug-likeness (QED) is 0.572. The molecule has 3 rings (SSSR count). The molecular weight excluding hydrogens is 370 g/mol. The van der Waals surface area contributed by atoms with Crippen molar-refractivity contribution in [3.63, 3.8) is 0 Å². The molecule has 3 aromatic rings. The molecule has 0 spiro atoms. The van der Waals surface area contributed by atoms with Gasteiger partial charge in [-0.3, -0.25) is 4.79 Å². The Morgan fingerprint density at radius 1 is 0.867 bits per heavy atom. The molecule has 0 aromatic heterocycles. The fourth-order valence-electron chi connectivity index (χ4n) is 4.35. The van der Waals surface area contributed by atoms with Gasteiger partial charge < -0.3 is 10.0 Å². The van der Waals surface area contributed by atoms with Crippen molar-refractivity contribution in [2.75, 3.05) is 14.1 Å². The number of nitrogens with one attached hydrogen (secondary N) is 1. The molecule has 3 aromatic carbocycles. The summed E-state index contributed by atoms with van der Waals surface area (Å²) in [4.78, 5) is 15.0. The number of quaternary nitrogens is 1. The number of hydrogen-bond acceptors (Lipinski definition) is 2. The van der Waals surface area contributed by atoms with Gasteiger partial charge in [0.25, 0.3) is 0 Å². The van der Waals surface area contributed by atoms with Gasteiger partial charge in [0.15, 0.2) is 0 Å². The minimum atomic E-state index is -0.684. The van der Waals surface area contributed by atoms with E-state index in [-0.39, 0.29) is 17.6 Å². The van der Waals surface area contributed by atoms with Gasteiger partial charge >= 0.3 is 0 Å². The smallest absolute Gasteiger partial charge is 0.147 e. The van der Waals surface area contributed by atoms with E-state index in [1.54, 1.807) is 12.1 Å². The van der Waals surface area contributed by atoms with E-state index in [1.807, 2.05) is 55.5 Å². The fourth-order valence-corrected chi connectivity index (χ4v) is 4.35. The highest BCUT2D eigenvalue weighted by atomic mass is 16.3. The molecule has 0 bridgehead atoms. The second-order valence-electron chi connectivity index (χ2n) is 8.26. The van der Waals surface area contributed by atoms with E-state index in [2.05, 4.69) is 38.4 Å². The summed E-state index contributed by atoms with van der Waals surface area (Å²) in [6, 6.07) is 28.1. The Labute approximate surface area is 180 Å². The predicted octanol–water partition coefficient (Wildman–Crippen LogP) is 3.80. The number of benzene rings is 3. The molecule has 0 heterocycles. The molecule has 0 radical (unpaired) electrons. The number of ketones is 1. The van der Waals surface area contributed by atoms with Crippen LogP contribution in [0, 0.1) is 0 Å². The van der Waals surface area contributed by atoms with Crippen molar-refractivity contribution in [1.82, 2.24) is 0 Å². The van der Waals surface area contributed by atoms with Crippen LogP contribution in [-0.4, -0.2) is 31.0 Å². The summed E-state index contributed by atoms with van der Waals surface area (Å²) in [7, 11) is 4.31. The zero-order valence-corrected chi connectivity index (χ0v) is 18.1. The van der Waals surface area contributed by atoms with Crippen LogP contribution in [0.15, 0.2) is 84.9 Å². The number of carbonyl (C=O) groups is 1. The van der Waals surface area contributed by atoms with Crippen LogP contribution >= 0.6 is 0 Å². The Balaban J connectivity index is 2.10. The van der Waals surface area contributed by atoms with E-state index in [0.29, 0.717) is 6.42 Å². The highest BCUT2D eigenvalue weighted by Gasteiger charge is 2.43. The van der Waals surface area contributed by atoms with Crippen LogP contribution in [0.4, 0.5) is 0 Å². The number of carbonyl (C=O) groups excluding carboxylic acids is 1. The minimum Gasteiger partial charge on any atom is -0.508 e. The number of likely N-dealkylation sites (N-methyl/N-ethyl adjacent to an activating group) is 1. The Hall–Kier alpha value is -2.91. The first kappa shape index (κ1) is 21.8. The molecule has 3 heteroatoms. The lowest BCUT2D eigenvalue weighted by Gasteiger charge is -2.37. The summed E-state index contributed by atoms with van der Waals surface area (Å²) < 4.78 is 0. The fraction of sp³-hybridized carbons (Fsp3) is 0.296. The first-order valence-corrected chi connectivity index (χ1v) is 10.7. The maximum absolute atomic E-state index is 13.6. The number of phenols is 1. The summed E-state index contributed by atoms with van der Waals surface area (Å²) in [6.45, 7) is 1.96. The van der Waals surface area contributed by atoms with Crippen molar-refractivity contribution in [1.29, 1.82) is 0 Å². The van der Waals surface area contributed by atoms with E-state index >= 15 is 0 Å². The zero-order chi connectivity index (χ0) is 21.6. The Morgan fingerprint density at radius 3 is 1.80 bits per heavy atom. The van der Waals surface area contributed by atoms with Crippen molar-refractivity contribution in [2.45, 2.75) is 37.6 Å². The predicted molar refractivity (Wildman–Crippen MR) is 122 cm³/mol. The number of aromatic hydroxyl groups is 1. The van der Waals surface area contributed by atoms with Gasteiger partial charge in [0.1, 0.15) is 11.5 Å². The zero-order valence-electron chi connectivity index (χ0n) is 18.1. The van der Waals surface area contributed by atoms with Gasteiger partial charge in [-0.25, -0.2) is 0 Å².